The Morgan fingerprint density at radius 3 is 2.31 bits per heavy atom. The van der Waals surface area contributed by atoms with E-state index in [1.807, 2.05) is 0 Å². The number of benzene rings is 2. The summed E-state index contributed by atoms with van der Waals surface area (Å²) in [4.78, 5) is 0. The van der Waals surface area contributed by atoms with Crippen molar-refractivity contribution in [3.63, 3.8) is 0 Å². The predicted octanol–water partition coefficient (Wildman–Crippen LogP) is -0.00460. The lowest BCUT2D eigenvalue weighted by Crippen LogP contribution is -2.59. The van der Waals surface area contributed by atoms with Crippen LogP contribution < -0.4 is 4.74 Å². The van der Waals surface area contributed by atoms with Crippen molar-refractivity contribution in [3.05, 3.63) is 65.7 Å². The van der Waals surface area contributed by atoms with Gasteiger partial charge in [-0.25, -0.2) is 0 Å². The van der Waals surface area contributed by atoms with E-state index < -0.39 is 49.5 Å². The van der Waals surface area contributed by atoms with Crippen molar-refractivity contribution in [2.75, 3.05) is 20.3 Å². The van der Waals surface area contributed by atoms with Crippen molar-refractivity contribution < 1.29 is 50.0 Å². The molecular formula is C25H32O10. The molecule has 192 valence electrons. The zero-order chi connectivity index (χ0) is 25.8. The number of aromatic hydroxyl groups is 2. The molecule has 10 heteroatoms. The number of phenols is 2. The van der Waals surface area contributed by atoms with Crippen molar-refractivity contribution >= 4 is 0 Å². The first-order chi connectivity index (χ1) is 16.6. The highest BCUT2D eigenvalue weighted by Gasteiger charge is 2.45. The maximum atomic E-state index is 11.6. The molecule has 0 unspecified atom stereocenters. The molecule has 0 aromatic heterocycles. The van der Waals surface area contributed by atoms with Crippen LogP contribution in [0.25, 0.3) is 0 Å². The average molecular weight is 493 g/mol. The summed E-state index contributed by atoms with van der Waals surface area (Å²) in [6.45, 7) is 2.93. The Labute approximate surface area is 202 Å². The topological polar surface area (TPSA) is 169 Å². The normalized spacial score (nSPS) is 26.2. The van der Waals surface area contributed by atoms with Crippen LogP contribution in [-0.2, 0) is 22.3 Å². The van der Waals surface area contributed by atoms with Crippen molar-refractivity contribution in [1.82, 2.24) is 0 Å². The molecule has 0 aliphatic carbocycles. The minimum Gasteiger partial charge on any atom is -0.508 e. The maximum Gasteiger partial charge on any atom is 0.186 e. The number of rotatable bonds is 10. The molecule has 7 N–H and O–H groups in total. The van der Waals surface area contributed by atoms with Gasteiger partial charge in [-0.3, -0.25) is 0 Å². The summed E-state index contributed by atoms with van der Waals surface area (Å²) in [7, 11) is 1.46. The van der Waals surface area contributed by atoms with E-state index in [1.54, 1.807) is 24.3 Å². The van der Waals surface area contributed by atoms with Gasteiger partial charge in [-0.05, 0) is 41.3 Å². The molecule has 6 atom stereocenters. The van der Waals surface area contributed by atoms with E-state index >= 15 is 0 Å². The molecule has 1 aliphatic rings. The molecule has 1 aliphatic heterocycles. The highest BCUT2D eigenvalue weighted by Crippen LogP contribution is 2.32. The van der Waals surface area contributed by atoms with Gasteiger partial charge in [0, 0.05) is 12.5 Å². The lowest BCUT2D eigenvalue weighted by atomic mass is 9.84. The first kappa shape index (κ1) is 26.9. The number of hydrogen-bond donors (Lipinski definition) is 7. The van der Waals surface area contributed by atoms with Crippen LogP contribution in [0, 0.1) is 0 Å². The summed E-state index contributed by atoms with van der Waals surface area (Å²) >= 11 is 0. The monoisotopic (exact) mass is 492 g/mol. The van der Waals surface area contributed by atoms with Crippen LogP contribution in [0.4, 0.5) is 0 Å². The molecule has 0 saturated carbocycles. The quantitative estimate of drug-likeness (QED) is 0.224. The third-order valence-corrected chi connectivity index (χ3v) is 6.12. The molecular weight excluding hydrogens is 460 g/mol. The Kier molecular flexibility index (Phi) is 8.73. The molecule has 0 bridgehead atoms. The Morgan fingerprint density at radius 1 is 1.03 bits per heavy atom. The Morgan fingerprint density at radius 2 is 1.71 bits per heavy atom. The second-order valence-electron chi connectivity index (χ2n) is 8.66. The first-order valence-electron chi connectivity index (χ1n) is 11.0. The minimum absolute atomic E-state index is 0.0868. The Hall–Kier alpha value is -2.70. The van der Waals surface area contributed by atoms with E-state index in [4.69, 9.17) is 14.2 Å². The average Bonchev–Trinajstić information content (AvgIpc) is 2.84. The van der Waals surface area contributed by atoms with Crippen molar-refractivity contribution in [2.45, 2.75) is 49.1 Å². The van der Waals surface area contributed by atoms with Gasteiger partial charge >= 0.3 is 0 Å². The number of ether oxygens (including phenoxy) is 3. The van der Waals surface area contributed by atoms with Gasteiger partial charge in [-0.15, -0.1) is 0 Å². The van der Waals surface area contributed by atoms with Gasteiger partial charge in [-0.2, -0.15) is 0 Å². The van der Waals surface area contributed by atoms with Crippen molar-refractivity contribution in [2.24, 2.45) is 0 Å². The molecule has 0 spiro atoms. The predicted molar refractivity (Wildman–Crippen MR) is 124 cm³/mol. The zero-order valence-corrected chi connectivity index (χ0v) is 19.3. The standard InChI is InChI=1S/C25H32O10/c1-14(9-15-3-6-17(27)7-4-15)25(32,11-16-5-8-18(33-2)10-19(16)28)13-34-24-23(31)22(30)21(29)20(12-26)35-24/h3-8,10,20-24,26-32H,1,9,11-13H2,2H3/t20-,21-,22+,23-,24-,25-/m1/s1. The van der Waals surface area contributed by atoms with E-state index in [1.165, 1.54) is 25.3 Å². The van der Waals surface area contributed by atoms with Crippen molar-refractivity contribution in [3.8, 4) is 17.2 Å². The van der Waals surface area contributed by atoms with Crippen LogP contribution in [0.15, 0.2) is 54.6 Å². The molecule has 2 aromatic carbocycles. The number of aliphatic hydroxyl groups excluding tert-OH is 4. The molecule has 1 fully saturated rings. The zero-order valence-electron chi connectivity index (χ0n) is 19.3. The van der Waals surface area contributed by atoms with Crippen LogP contribution in [0.1, 0.15) is 11.1 Å². The second-order valence-corrected chi connectivity index (χ2v) is 8.66. The molecule has 1 saturated heterocycles. The lowest BCUT2D eigenvalue weighted by Gasteiger charge is -2.41. The summed E-state index contributed by atoms with van der Waals surface area (Å²) in [6.07, 6.45) is -7.38. The molecule has 1 heterocycles. The van der Waals surface area contributed by atoms with E-state index in [0.29, 0.717) is 16.9 Å². The van der Waals surface area contributed by atoms with Crippen LogP contribution in [0.2, 0.25) is 0 Å². The number of methoxy groups -OCH3 is 1. The molecule has 2 aromatic rings. The van der Waals surface area contributed by atoms with Crippen LogP contribution in [0.3, 0.4) is 0 Å². The van der Waals surface area contributed by atoms with Crippen LogP contribution in [-0.4, -0.2) is 92.4 Å². The Bertz CT molecular complexity index is 992. The molecule has 35 heavy (non-hydrogen) atoms. The van der Waals surface area contributed by atoms with E-state index in [-0.39, 0.29) is 24.3 Å². The summed E-state index contributed by atoms with van der Waals surface area (Å²) in [6, 6.07) is 11.0. The fourth-order valence-corrected chi connectivity index (χ4v) is 3.86. The third kappa shape index (κ3) is 6.30. The van der Waals surface area contributed by atoms with Gasteiger partial charge in [0.15, 0.2) is 6.29 Å². The molecule has 0 amide bonds. The van der Waals surface area contributed by atoms with E-state index in [0.717, 1.165) is 5.56 Å². The first-order valence-corrected chi connectivity index (χ1v) is 11.0. The van der Waals surface area contributed by atoms with Gasteiger partial charge in [-0.1, -0.05) is 24.8 Å². The molecule has 10 nitrogen and oxygen atoms in total. The summed E-state index contributed by atoms with van der Waals surface area (Å²) < 4.78 is 16.1. The highest BCUT2D eigenvalue weighted by molar-refractivity contribution is 5.42. The third-order valence-electron chi connectivity index (χ3n) is 6.12. The van der Waals surface area contributed by atoms with E-state index in [2.05, 4.69) is 6.58 Å². The Balaban J connectivity index is 1.83. The fourth-order valence-electron chi connectivity index (χ4n) is 3.86. The number of phenolic OH excluding ortho intramolecular Hbond substituents is 2. The minimum atomic E-state index is -1.78. The van der Waals surface area contributed by atoms with Gasteiger partial charge < -0.3 is 50.0 Å². The number of hydrogen-bond acceptors (Lipinski definition) is 10. The van der Waals surface area contributed by atoms with E-state index in [9.17, 15) is 35.7 Å². The summed E-state index contributed by atoms with van der Waals surface area (Å²) in [5, 5.41) is 71.3. The lowest BCUT2D eigenvalue weighted by molar-refractivity contribution is -0.307. The molecule has 3 rings (SSSR count). The summed E-state index contributed by atoms with van der Waals surface area (Å²) in [5.41, 5.74) is -0.346. The van der Waals surface area contributed by atoms with Crippen molar-refractivity contribution in [1.29, 1.82) is 0 Å². The van der Waals surface area contributed by atoms with Crippen LogP contribution >= 0.6 is 0 Å². The van der Waals surface area contributed by atoms with Gasteiger partial charge in [0.25, 0.3) is 0 Å². The second kappa shape index (κ2) is 11.4. The summed E-state index contributed by atoms with van der Waals surface area (Å²) in [5.74, 6) is 0.395. The van der Waals surface area contributed by atoms with Crippen LogP contribution in [0.5, 0.6) is 17.2 Å². The highest BCUT2D eigenvalue weighted by atomic mass is 16.7. The smallest absolute Gasteiger partial charge is 0.186 e. The van der Waals surface area contributed by atoms with Gasteiger partial charge in [0.1, 0.15) is 47.3 Å². The SMILES string of the molecule is C=C(Cc1ccc(O)cc1)[C@](O)(CO[C@@H]1O[C@H](CO)[C@@H](O)[C@H](O)[C@H]1O)Cc1ccc(OC)cc1O. The van der Waals surface area contributed by atoms with Gasteiger partial charge in [0.05, 0.1) is 20.3 Å². The molecule has 0 radical (unpaired) electrons. The fraction of sp³-hybridized carbons (Fsp3) is 0.440. The van der Waals surface area contributed by atoms with Gasteiger partial charge in [0.2, 0.25) is 0 Å². The largest absolute Gasteiger partial charge is 0.508 e. The number of aliphatic hydroxyl groups is 5. The maximum absolute atomic E-state index is 11.6.